The molecular formula is C15H17N3. The summed E-state index contributed by atoms with van der Waals surface area (Å²) < 4.78 is 0. The van der Waals surface area contributed by atoms with Gasteiger partial charge in [0.05, 0.1) is 0 Å². The Morgan fingerprint density at radius 3 is 2.61 bits per heavy atom. The van der Waals surface area contributed by atoms with E-state index in [1.54, 1.807) is 0 Å². The van der Waals surface area contributed by atoms with Crippen molar-refractivity contribution in [3.05, 3.63) is 59.4 Å². The molecule has 1 aliphatic heterocycles. The lowest BCUT2D eigenvalue weighted by atomic mass is 10.1. The maximum atomic E-state index is 5.84. The molecule has 0 amide bonds. The van der Waals surface area contributed by atoms with E-state index in [0.717, 1.165) is 18.8 Å². The largest absolute Gasteiger partial charge is 0.399 e. The predicted molar refractivity (Wildman–Crippen MR) is 72.8 cm³/mol. The van der Waals surface area contributed by atoms with Crippen molar-refractivity contribution < 1.29 is 0 Å². The number of anilines is 1. The molecule has 1 aromatic carbocycles. The van der Waals surface area contributed by atoms with Crippen molar-refractivity contribution in [2.75, 3.05) is 5.73 Å². The fraction of sp³-hybridized carbons (Fsp3) is 0.267. The van der Waals surface area contributed by atoms with Gasteiger partial charge in [0.15, 0.2) is 0 Å². The van der Waals surface area contributed by atoms with Crippen LogP contribution >= 0.6 is 0 Å². The molecule has 18 heavy (non-hydrogen) atoms. The van der Waals surface area contributed by atoms with Crippen LogP contribution in [0.5, 0.6) is 0 Å². The third kappa shape index (κ3) is 1.97. The van der Waals surface area contributed by atoms with Crippen LogP contribution in [0.15, 0.2) is 42.7 Å². The Morgan fingerprint density at radius 1 is 1.11 bits per heavy atom. The molecule has 92 valence electrons. The molecule has 0 saturated heterocycles. The molecule has 0 fully saturated rings. The number of nitrogen functional groups attached to an aromatic ring is 1. The first-order valence-corrected chi connectivity index (χ1v) is 6.25. The summed E-state index contributed by atoms with van der Waals surface area (Å²) >= 11 is 0. The van der Waals surface area contributed by atoms with E-state index in [-0.39, 0.29) is 0 Å². The highest BCUT2D eigenvalue weighted by Crippen LogP contribution is 2.31. The van der Waals surface area contributed by atoms with E-state index in [1.807, 2.05) is 18.5 Å². The number of benzene rings is 1. The van der Waals surface area contributed by atoms with E-state index in [1.165, 1.54) is 16.7 Å². The first-order chi connectivity index (χ1) is 8.74. The second-order valence-electron chi connectivity index (χ2n) is 4.89. The zero-order valence-electron chi connectivity index (χ0n) is 10.5. The molecule has 1 aromatic heterocycles. The van der Waals surface area contributed by atoms with Crippen LogP contribution in [0.3, 0.4) is 0 Å². The number of hydrogen-bond donors (Lipinski definition) is 1. The van der Waals surface area contributed by atoms with Crippen molar-refractivity contribution in [3.8, 4) is 0 Å². The van der Waals surface area contributed by atoms with Gasteiger partial charge < -0.3 is 5.73 Å². The Morgan fingerprint density at radius 2 is 1.83 bits per heavy atom. The summed E-state index contributed by atoms with van der Waals surface area (Å²) in [5.41, 5.74) is 10.8. The summed E-state index contributed by atoms with van der Waals surface area (Å²) in [5.74, 6) is 0. The van der Waals surface area contributed by atoms with Crippen molar-refractivity contribution in [3.63, 3.8) is 0 Å². The molecule has 0 saturated carbocycles. The lowest BCUT2D eigenvalue weighted by Gasteiger charge is -2.23. The fourth-order valence-electron chi connectivity index (χ4n) is 2.57. The van der Waals surface area contributed by atoms with Crippen LogP contribution in [-0.2, 0) is 13.1 Å². The highest BCUT2D eigenvalue weighted by Gasteiger charge is 2.23. The lowest BCUT2D eigenvalue weighted by molar-refractivity contribution is 0.215. The standard InChI is InChI=1S/C15H17N3/c1-11(12-4-6-17-7-5-12)18-9-13-2-3-15(16)8-14(13)10-18/h2-8,11H,9-10,16H2,1H3. The SMILES string of the molecule is CC(c1ccncc1)N1Cc2ccc(N)cc2C1. The second-order valence-corrected chi connectivity index (χ2v) is 4.89. The molecular weight excluding hydrogens is 222 g/mol. The molecule has 0 spiro atoms. The van der Waals surface area contributed by atoms with Crippen LogP contribution in [0.1, 0.15) is 29.7 Å². The smallest absolute Gasteiger partial charge is 0.0328 e. The Balaban J connectivity index is 1.82. The molecule has 1 aliphatic rings. The summed E-state index contributed by atoms with van der Waals surface area (Å²) in [5, 5.41) is 0. The van der Waals surface area contributed by atoms with Crippen molar-refractivity contribution >= 4 is 5.69 Å². The van der Waals surface area contributed by atoms with Gasteiger partial charge in [0.25, 0.3) is 0 Å². The second kappa shape index (κ2) is 4.42. The summed E-state index contributed by atoms with van der Waals surface area (Å²) in [6, 6.07) is 10.8. The molecule has 2 aromatic rings. The summed E-state index contributed by atoms with van der Waals surface area (Å²) in [6.45, 7) is 4.22. The third-order valence-electron chi connectivity index (χ3n) is 3.71. The Kier molecular flexibility index (Phi) is 2.76. The Labute approximate surface area is 107 Å². The number of nitrogens with two attached hydrogens (primary N) is 1. The number of nitrogens with zero attached hydrogens (tertiary/aromatic N) is 2. The summed E-state index contributed by atoms with van der Waals surface area (Å²) in [6.07, 6.45) is 3.71. The normalized spacial score (nSPS) is 16.5. The van der Waals surface area contributed by atoms with Crippen molar-refractivity contribution in [1.29, 1.82) is 0 Å². The van der Waals surface area contributed by atoms with E-state index >= 15 is 0 Å². The van der Waals surface area contributed by atoms with Gasteiger partial charge in [0.2, 0.25) is 0 Å². The van der Waals surface area contributed by atoms with Gasteiger partial charge in [-0.25, -0.2) is 0 Å². The van der Waals surface area contributed by atoms with Gasteiger partial charge in [0.1, 0.15) is 0 Å². The number of rotatable bonds is 2. The van der Waals surface area contributed by atoms with E-state index < -0.39 is 0 Å². The molecule has 0 radical (unpaired) electrons. The lowest BCUT2D eigenvalue weighted by Crippen LogP contribution is -2.20. The molecule has 3 rings (SSSR count). The molecule has 3 heteroatoms. The van der Waals surface area contributed by atoms with Crippen LogP contribution < -0.4 is 5.73 Å². The topological polar surface area (TPSA) is 42.2 Å². The number of fused-ring (bicyclic) bond motifs is 1. The maximum absolute atomic E-state index is 5.84. The van der Waals surface area contributed by atoms with Crippen molar-refractivity contribution in [2.45, 2.75) is 26.1 Å². The van der Waals surface area contributed by atoms with Crippen LogP contribution in [0.4, 0.5) is 5.69 Å². The monoisotopic (exact) mass is 239 g/mol. The molecule has 2 N–H and O–H groups in total. The van der Waals surface area contributed by atoms with Gasteiger partial charge >= 0.3 is 0 Å². The minimum absolute atomic E-state index is 0.404. The van der Waals surface area contributed by atoms with Gasteiger partial charge in [-0.2, -0.15) is 0 Å². The van der Waals surface area contributed by atoms with Gasteiger partial charge in [-0.05, 0) is 47.9 Å². The van der Waals surface area contributed by atoms with Crippen LogP contribution in [-0.4, -0.2) is 9.88 Å². The highest BCUT2D eigenvalue weighted by molar-refractivity contribution is 5.46. The minimum atomic E-state index is 0.404. The molecule has 3 nitrogen and oxygen atoms in total. The first kappa shape index (κ1) is 11.2. The van der Waals surface area contributed by atoms with Crippen molar-refractivity contribution in [1.82, 2.24) is 9.88 Å². The zero-order chi connectivity index (χ0) is 12.5. The van der Waals surface area contributed by atoms with Crippen LogP contribution in [0, 0.1) is 0 Å². The van der Waals surface area contributed by atoms with Gasteiger partial charge in [-0.3, -0.25) is 9.88 Å². The maximum Gasteiger partial charge on any atom is 0.0328 e. The highest BCUT2D eigenvalue weighted by atomic mass is 15.2. The molecule has 0 bridgehead atoms. The van der Waals surface area contributed by atoms with Crippen LogP contribution in [0.2, 0.25) is 0 Å². The van der Waals surface area contributed by atoms with Gasteiger partial charge in [0, 0.05) is 37.2 Å². The molecule has 0 aliphatic carbocycles. The van der Waals surface area contributed by atoms with E-state index in [0.29, 0.717) is 6.04 Å². The predicted octanol–water partition coefficient (Wildman–Crippen LogP) is 2.74. The Hall–Kier alpha value is -1.87. The average molecular weight is 239 g/mol. The van der Waals surface area contributed by atoms with E-state index in [2.05, 4.69) is 41.1 Å². The van der Waals surface area contributed by atoms with Gasteiger partial charge in [-0.1, -0.05) is 6.07 Å². The Bertz CT molecular complexity index is 551. The summed E-state index contributed by atoms with van der Waals surface area (Å²) in [4.78, 5) is 6.53. The first-order valence-electron chi connectivity index (χ1n) is 6.25. The number of pyridine rings is 1. The van der Waals surface area contributed by atoms with E-state index in [9.17, 15) is 0 Å². The van der Waals surface area contributed by atoms with Gasteiger partial charge in [-0.15, -0.1) is 0 Å². The minimum Gasteiger partial charge on any atom is -0.399 e. The van der Waals surface area contributed by atoms with Crippen molar-refractivity contribution in [2.24, 2.45) is 0 Å². The number of aromatic nitrogens is 1. The summed E-state index contributed by atoms with van der Waals surface area (Å²) in [7, 11) is 0. The average Bonchev–Trinajstić information content (AvgIpc) is 2.81. The van der Waals surface area contributed by atoms with E-state index in [4.69, 9.17) is 5.73 Å². The number of hydrogen-bond acceptors (Lipinski definition) is 3. The molecule has 1 atom stereocenters. The fourth-order valence-corrected chi connectivity index (χ4v) is 2.57. The third-order valence-corrected chi connectivity index (χ3v) is 3.71. The zero-order valence-corrected chi connectivity index (χ0v) is 10.5. The van der Waals surface area contributed by atoms with Crippen LogP contribution in [0.25, 0.3) is 0 Å². The quantitative estimate of drug-likeness (QED) is 0.819. The molecule has 1 unspecified atom stereocenters. The molecule has 2 heterocycles.